The molecule has 0 bridgehead atoms. The number of nitro groups is 1. The number of nitro benzene ring substituents is 1. The standard InChI is InChI=1S/C12H14N2O6/c13-10(5-6-11(15)16)12(17)20-7-8-1-3-9(4-2-8)14(18)19/h1-4,10H,5-7,13H2,(H,15,16)/t10-/m1/s1. The van der Waals surface area contributed by atoms with Gasteiger partial charge in [0.1, 0.15) is 12.6 Å². The van der Waals surface area contributed by atoms with Gasteiger partial charge in [0.25, 0.3) is 5.69 Å². The number of carboxylic acids is 1. The molecule has 0 heterocycles. The molecule has 1 aromatic rings. The number of nitrogens with two attached hydrogens (primary N) is 1. The van der Waals surface area contributed by atoms with Crippen molar-refractivity contribution in [2.45, 2.75) is 25.5 Å². The summed E-state index contributed by atoms with van der Waals surface area (Å²) in [7, 11) is 0. The van der Waals surface area contributed by atoms with E-state index in [1.54, 1.807) is 0 Å². The smallest absolute Gasteiger partial charge is 0.323 e. The van der Waals surface area contributed by atoms with E-state index < -0.39 is 22.9 Å². The van der Waals surface area contributed by atoms with Gasteiger partial charge in [0.05, 0.1) is 4.92 Å². The van der Waals surface area contributed by atoms with Crippen molar-refractivity contribution in [2.24, 2.45) is 5.73 Å². The molecular formula is C12H14N2O6. The Labute approximate surface area is 114 Å². The summed E-state index contributed by atoms with van der Waals surface area (Å²) in [4.78, 5) is 31.7. The number of esters is 1. The normalized spacial score (nSPS) is 11.7. The highest BCUT2D eigenvalue weighted by atomic mass is 16.6. The van der Waals surface area contributed by atoms with Gasteiger partial charge in [-0.15, -0.1) is 0 Å². The minimum absolute atomic E-state index is 0.00553. The molecule has 3 N–H and O–H groups in total. The van der Waals surface area contributed by atoms with E-state index in [9.17, 15) is 19.7 Å². The summed E-state index contributed by atoms with van der Waals surface area (Å²) in [5, 5.41) is 18.9. The number of non-ortho nitro benzene ring substituents is 1. The molecular weight excluding hydrogens is 268 g/mol. The predicted octanol–water partition coefficient (Wildman–Crippen LogP) is 0.830. The lowest BCUT2D eigenvalue weighted by molar-refractivity contribution is -0.384. The maximum absolute atomic E-state index is 11.5. The van der Waals surface area contributed by atoms with Crippen LogP contribution in [0.15, 0.2) is 24.3 Å². The van der Waals surface area contributed by atoms with Gasteiger partial charge in [-0.1, -0.05) is 0 Å². The molecule has 1 atom stereocenters. The Morgan fingerprint density at radius 1 is 1.35 bits per heavy atom. The number of aliphatic carboxylic acids is 1. The zero-order valence-electron chi connectivity index (χ0n) is 10.5. The number of nitrogens with zero attached hydrogens (tertiary/aromatic N) is 1. The van der Waals surface area contributed by atoms with Crippen LogP contribution >= 0.6 is 0 Å². The van der Waals surface area contributed by atoms with E-state index in [-0.39, 0.29) is 25.1 Å². The van der Waals surface area contributed by atoms with Crippen LogP contribution in [0.5, 0.6) is 0 Å². The maximum atomic E-state index is 11.5. The SMILES string of the molecule is N[C@H](CCC(=O)O)C(=O)OCc1ccc([N+](=O)[O-])cc1. The number of carboxylic acid groups (broad SMARTS) is 1. The minimum Gasteiger partial charge on any atom is -0.481 e. The molecule has 0 spiro atoms. The van der Waals surface area contributed by atoms with Gasteiger partial charge in [-0.05, 0) is 24.1 Å². The molecule has 0 aliphatic rings. The first kappa shape index (κ1) is 15.6. The predicted molar refractivity (Wildman–Crippen MR) is 67.7 cm³/mol. The molecule has 8 nitrogen and oxygen atoms in total. The molecule has 0 aliphatic carbocycles. The largest absolute Gasteiger partial charge is 0.481 e. The Morgan fingerprint density at radius 2 is 1.95 bits per heavy atom. The van der Waals surface area contributed by atoms with E-state index >= 15 is 0 Å². The molecule has 0 aromatic heterocycles. The third-order valence-electron chi connectivity index (χ3n) is 2.50. The number of carbonyl (C=O) groups is 2. The minimum atomic E-state index is -1.04. The Bertz CT molecular complexity index is 499. The second-order valence-corrected chi connectivity index (χ2v) is 4.07. The zero-order valence-corrected chi connectivity index (χ0v) is 10.5. The molecule has 0 radical (unpaired) electrons. The molecule has 0 fully saturated rings. The topological polar surface area (TPSA) is 133 Å². The van der Waals surface area contributed by atoms with Crippen molar-refractivity contribution in [3.8, 4) is 0 Å². The van der Waals surface area contributed by atoms with E-state index in [4.69, 9.17) is 15.6 Å². The van der Waals surface area contributed by atoms with Crippen LogP contribution in [0.3, 0.4) is 0 Å². The fraction of sp³-hybridized carbons (Fsp3) is 0.333. The number of hydrogen-bond acceptors (Lipinski definition) is 6. The summed E-state index contributed by atoms with van der Waals surface area (Å²) >= 11 is 0. The lowest BCUT2D eigenvalue weighted by Gasteiger charge is -2.10. The Morgan fingerprint density at radius 3 is 2.45 bits per heavy atom. The van der Waals surface area contributed by atoms with Crippen molar-refractivity contribution in [3.63, 3.8) is 0 Å². The molecule has 0 saturated carbocycles. The van der Waals surface area contributed by atoms with Gasteiger partial charge in [-0.25, -0.2) is 0 Å². The van der Waals surface area contributed by atoms with Crippen LogP contribution in [0, 0.1) is 10.1 Å². The molecule has 20 heavy (non-hydrogen) atoms. The average Bonchev–Trinajstić information content (AvgIpc) is 2.42. The third kappa shape index (κ3) is 5.02. The first-order valence-corrected chi connectivity index (χ1v) is 5.77. The highest BCUT2D eigenvalue weighted by Gasteiger charge is 2.16. The second-order valence-electron chi connectivity index (χ2n) is 4.07. The van der Waals surface area contributed by atoms with Gasteiger partial charge in [-0.2, -0.15) is 0 Å². The van der Waals surface area contributed by atoms with Crippen LogP contribution in [0.1, 0.15) is 18.4 Å². The van der Waals surface area contributed by atoms with Gasteiger partial charge in [0.15, 0.2) is 0 Å². The number of rotatable bonds is 7. The Balaban J connectivity index is 2.44. The van der Waals surface area contributed by atoms with Gasteiger partial charge in [-0.3, -0.25) is 19.7 Å². The molecule has 0 amide bonds. The monoisotopic (exact) mass is 282 g/mol. The lowest BCUT2D eigenvalue weighted by atomic mass is 10.2. The zero-order chi connectivity index (χ0) is 15.1. The van der Waals surface area contributed by atoms with Crippen LogP contribution in [0.4, 0.5) is 5.69 Å². The molecule has 0 aliphatic heterocycles. The first-order valence-electron chi connectivity index (χ1n) is 5.77. The number of carbonyl (C=O) groups excluding carboxylic acids is 1. The highest BCUT2D eigenvalue weighted by Crippen LogP contribution is 2.12. The van der Waals surface area contributed by atoms with Crippen molar-refractivity contribution < 1.29 is 24.4 Å². The van der Waals surface area contributed by atoms with E-state index in [1.165, 1.54) is 24.3 Å². The highest BCUT2D eigenvalue weighted by molar-refractivity contribution is 5.76. The fourth-order valence-corrected chi connectivity index (χ4v) is 1.37. The Kier molecular flexibility index (Phi) is 5.60. The molecule has 108 valence electrons. The summed E-state index contributed by atoms with van der Waals surface area (Å²) in [5.74, 6) is -1.74. The number of ether oxygens (including phenoxy) is 1. The van der Waals surface area contributed by atoms with Gasteiger partial charge >= 0.3 is 11.9 Å². The Hall–Kier alpha value is -2.48. The average molecular weight is 282 g/mol. The van der Waals surface area contributed by atoms with Gasteiger partial charge < -0.3 is 15.6 Å². The summed E-state index contributed by atoms with van der Waals surface area (Å²) in [5.41, 5.74) is 5.99. The van der Waals surface area contributed by atoms with Crippen LogP contribution in [-0.2, 0) is 20.9 Å². The number of hydrogen-bond donors (Lipinski definition) is 2. The van der Waals surface area contributed by atoms with Crippen molar-refractivity contribution >= 4 is 17.6 Å². The van der Waals surface area contributed by atoms with E-state index in [2.05, 4.69) is 0 Å². The molecule has 0 unspecified atom stereocenters. The van der Waals surface area contributed by atoms with Gasteiger partial charge in [0, 0.05) is 18.6 Å². The quantitative estimate of drug-likeness (QED) is 0.430. The first-order chi connectivity index (χ1) is 9.40. The van der Waals surface area contributed by atoms with Crippen molar-refractivity contribution in [2.75, 3.05) is 0 Å². The number of benzene rings is 1. The summed E-state index contributed by atoms with van der Waals surface area (Å²) in [6, 6.07) is 4.54. The maximum Gasteiger partial charge on any atom is 0.323 e. The summed E-state index contributed by atoms with van der Waals surface area (Å²) in [6.45, 7) is -0.0718. The van der Waals surface area contributed by atoms with E-state index in [0.29, 0.717) is 5.56 Å². The fourth-order valence-electron chi connectivity index (χ4n) is 1.37. The molecule has 0 saturated heterocycles. The van der Waals surface area contributed by atoms with Crippen molar-refractivity contribution in [3.05, 3.63) is 39.9 Å². The second kappa shape index (κ2) is 7.19. The van der Waals surface area contributed by atoms with E-state index in [1.807, 2.05) is 0 Å². The molecule has 8 heteroatoms. The van der Waals surface area contributed by atoms with Crippen LogP contribution < -0.4 is 5.73 Å². The third-order valence-corrected chi connectivity index (χ3v) is 2.50. The van der Waals surface area contributed by atoms with Crippen LogP contribution in [-0.4, -0.2) is 28.0 Å². The molecule has 1 aromatic carbocycles. The summed E-state index contributed by atoms with van der Waals surface area (Å²) in [6.07, 6.45) is -0.220. The van der Waals surface area contributed by atoms with Gasteiger partial charge in [0.2, 0.25) is 0 Å². The van der Waals surface area contributed by atoms with E-state index in [0.717, 1.165) is 0 Å². The molecule has 1 rings (SSSR count). The van der Waals surface area contributed by atoms with Crippen molar-refractivity contribution in [1.29, 1.82) is 0 Å². The van der Waals surface area contributed by atoms with Crippen molar-refractivity contribution in [1.82, 2.24) is 0 Å². The van der Waals surface area contributed by atoms with Crippen LogP contribution in [0.25, 0.3) is 0 Å². The lowest BCUT2D eigenvalue weighted by Crippen LogP contribution is -2.32. The van der Waals surface area contributed by atoms with Crippen LogP contribution in [0.2, 0.25) is 0 Å². The summed E-state index contributed by atoms with van der Waals surface area (Å²) < 4.78 is 4.90.